The minimum atomic E-state index is -0.0974. The molecule has 0 radical (unpaired) electrons. The molecule has 9 unspecified atom stereocenters. The van der Waals surface area contributed by atoms with E-state index < -0.39 is 0 Å². The van der Waals surface area contributed by atoms with Crippen molar-refractivity contribution in [2.24, 2.45) is 50.7 Å². The molecule has 174 valence electrons. The third-order valence-corrected chi connectivity index (χ3v) is 12.6. The van der Waals surface area contributed by atoms with Crippen LogP contribution in [0.1, 0.15) is 107 Å². The molecule has 3 saturated carbocycles. The van der Waals surface area contributed by atoms with E-state index in [2.05, 4.69) is 67.5 Å². The van der Waals surface area contributed by atoms with E-state index in [0.29, 0.717) is 27.6 Å². The van der Waals surface area contributed by atoms with E-state index in [4.69, 9.17) is 0 Å². The van der Waals surface area contributed by atoms with Crippen molar-refractivity contribution in [1.82, 2.24) is 0 Å². The van der Waals surface area contributed by atoms with Gasteiger partial charge in [0.15, 0.2) is 0 Å². The molecule has 0 saturated heterocycles. The number of allylic oxidation sites excluding steroid dienone is 4. The molecule has 0 spiro atoms. The third-order valence-electron chi connectivity index (χ3n) is 12.6. The molecule has 5 aliphatic carbocycles. The Bertz CT molecular complexity index is 833. The second kappa shape index (κ2) is 6.52. The van der Waals surface area contributed by atoms with E-state index in [9.17, 15) is 5.11 Å². The van der Waals surface area contributed by atoms with Crippen LogP contribution in [0.15, 0.2) is 23.3 Å². The van der Waals surface area contributed by atoms with Gasteiger partial charge in [-0.25, -0.2) is 0 Å². The van der Waals surface area contributed by atoms with Crippen LogP contribution < -0.4 is 0 Å². The molecule has 1 N–H and O–H groups in total. The number of hydrogen-bond donors (Lipinski definition) is 1. The summed E-state index contributed by atoms with van der Waals surface area (Å²) in [5, 5.41) is 10.7. The highest BCUT2D eigenvalue weighted by atomic mass is 16.3. The standard InChI is InChI=1S/C30H48O/c1-19-17-30(8)25-12-14-27(5)20(2)23(31)9-10-24(27)28(25,6)15-16-29(30,7)22-18-26(3,4)13-11-21(19)22/h11,17,20,22-25,31H,9-10,12-16,18H2,1-8H3. The summed E-state index contributed by atoms with van der Waals surface area (Å²) in [5.74, 6) is 2.67. The Morgan fingerprint density at radius 1 is 0.871 bits per heavy atom. The Hall–Kier alpha value is -0.560. The molecule has 0 aliphatic heterocycles. The maximum absolute atomic E-state index is 10.7. The van der Waals surface area contributed by atoms with Gasteiger partial charge < -0.3 is 5.11 Å². The molecule has 0 amide bonds. The highest BCUT2D eigenvalue weighted by molar-refractivity contribution is 5.43. The first-order chi connectivity index (χ1) is 14.3. The number of aliphatic hydroxyl groups is 1. The Kier molecular flexibility index (Phi) is 4.68. The van der Waals surface area contributed by atoms with Gasteiger partial charge in [-0.05, 0) is 115 Å². The summed E-state index contributed by atoms with van der Waals surface area (Å²) >= 11 is 0. The second-order valence-corrected chi connectivity index (χ2v) is 14.4. The van der Waals surface area contributed by atoms with Crippen LogP contribution in [0.4, 0.5) is 0 Å². The van der Waals surface area contributed by atoms with Crippen LogP contribution in [0, 0.1) is 50.7 Å². The summed E-state index contributed by atoms with van der Waals surface area (Å²) in [6.07, 6.45) is 15.5. The molecule has 0 heterocycles. The van der Waals surface area contributed by atoms with Crippen LogP contribution in [-0.4, -0.2) is 11.2 Å². The Morgan fingerprint density at radius 3 is 2.29 bits per heavy atom. The topological polar surface area (TPSA) is 20.2 Å². The van der Waals surface area contributed by atoms with E-state index in [1.807, 2.05) is 0 Å². The number of rotatable bonds is 0. The lowest BCUT2D eigenvalue weighted by Gasteiger charge is -2.72. The van der Waals surface area contributed by atoms with E-state index in [1.165, 1.54) is 44.9 Å². The summed E-state index contributed by atoms with van der Waals surface area (Å²) in [4.78, 5) is 0. The van der Waals surface area contributed by atoms with Gasteiger partial charge in [0.05, 0.1) is 6.10 Å². The Morgan fingerprint density at radius 2 is 1.58 bits per heavy atom. The van der Waals surface area contributed by atoms with Crippen molar-refractivity contribution in [3.63, 3.8) is 0 Å². The smallest absolute Gasteiger partial charge is 0.0571 e. The van der Waals surface area contributed by atoms with Crippen LogP contribution in [0.2, 0.25) is 0 Å². The van der Waals surface area contributed by atoms with Gasteiger partial charge in [-0.3, -0.25) is 0 Å². The quantitative estimate of drug-likeness (QED) is 0.418. The van der Waals surface area contributed by atoms with Crippen molar-refractivity contribution in [1.29, 1.82) is 0 Å². The summed E-state index contributed by atoms with van der Waals surface area (Å²) in [5.41, 5.74) is 5.06. The van der Waals surface area contributed by atoms with Crippen LogP contribution in [0.25, 0.3) is 0 Å². The Labute approximate surface area is 192 Å². The number of fused-ring (bicyclic) bond motifs is 7. The SMILES string of the molecule is CC1=CC2(C)C3CCC4(C)C(C)C(O)CCC4C3(C)CCC2(C)C2CC(C)(C)CC=C12. The van der Waals surface area contributed by atoms with Crippen molar-refractivity contribution in [3.8, 4) is 0 Å². The van der Waals surface area contributed by atoms with Crippen molar-refractivity contribution in [2.45, 2.75) is 113 Å². The molecule has 0 aromatic rings. The molecule has 5 aliphatic rings. The van der Waals surface area contributed by atoms with Gasteiger partial charge in [0.1, 0.15) is 0 Å². The molecule has 0 aromatic heterocycles. The van der Waals surface area contributed by atoms with Crippen molar-refractivity contribution in [2.75, 3.05) is 0 Å². The van der Waals surface area contributed by atoms with Crippen molar-refractivity contribution in [3.05, 3.63) is 23.3 Å². The van der Waals surface area contributed by atoms with Crippen LogP contribution in [0.5, 0.6) is 0 Å². The average molecular weight is 425 g/mol. The summed E-state index contributed by atoms with van der Waals surface area (Å²) in [6, 6.07) is 0. The van der Waals surface area contributed by atoms with Crippen molar-refractivity contribution < 1.29 is 5.11 Å². The predicted molar refractivity (Wildman–Crippen MR) is 131 cm³/mol. The van der Waals surface area contributed by atoms with Gasteiger partial charge in [-0.15, -0.1) is 0 Å². The predicted octanol–water partition coefficient (Wildman–Crippen LogP) is 7.94. The van der Waals surface area contributed by atoms with E-state index in [-0.39, 0.29) is 11.5 Å². The van der Waals surface area contributed by atoms with E-state index in [0.717, 1.165) is 24.2 Å². The zero-order chi connectivity index (χ0) is 22.6. The molecule has 0 aromatic carbocycles. The Balaban J connectivity index is 1.60. The summed E-state index contributed by atoms with van der Waals surface area (Å²) < 4.78 is 0. The second-order valence-electron chi connectivity index (χ2n) is 14.4. The molecule has 1 nitrogen and oxygen atoms in total. The molecule has 1 heteroatoms. The first-order valence-corrected chi connectivity index (χ1v) is 13.4. The fourth-order valence-electron chi connectivity index (χ4n) is 10.3. The average Bonchev–Trinajstić information content (AvgIpc) is 2.67. The largest absolute Gasteiger partial charge is 0.393 e. The first kappa shape index (κ1) is 22.2. The van der Waals surface area contributed by atoms with Crippen LogP contribution >= 0.6 is 0 Å². The van der Waals surface area contributed by atoms with E-state index >= 15 is 0 Å². The van der Waals surface area contributed by atoms with Gasteiger partial charge in [-0.1, -0.05) is 66.2 Å². The number of hydrogen-bond acceptors (Lipinski definition) is 1. The van der Waals surface area contributed by atoms with Gasteiger partial charge in [0, 0.05) is 0 Å². The molecular formula is C30H48O. The molecule has 9 atom stereocenters. The fraction of sp³-hybridized carbons (Fsp3) is 0.867. The minimum Gasteiger partial charge on any atom is -0.393 e. The van der Waals surface area contributed by atoms with Crippen molar-refractivity contribution >= 4 is 0 Å². The maximum Gasteiger partial charge on any atom is 0.0571 e. The van der Waals surface area contributed by atoms with Gasteiger partial charge >= 0.3 is 0 Å². The zero-order valence-electron chi connectivity index (χ0n) is 21.6. The molecular weight excluding hydrogens is 376 g/mol. The highest BCUT2D eigenvalue weighted by Crippen LogP contribution is 2.75. The lowest BCUT2D eigenvalue weighted by atomic mass is 9.33. The molecule has 31 heavy (non-hydrogen) atoms. The summed E-state index contributed by atoms with van der Waals surface area (Å²) in [6.45, 7) is 20.3. The normalized spacial score (nSPS) is 55.7. The van der Waals surface area contributed by atoms with Crippen LogP contribution in [-0.2, 0) is 0 Å². The van der Waals surface area contributed by atoms with Gasteiger partial charge in [0.2, 0.25) is 0 Å². The number of aliphatic hydroxyl groups excluding tert-OH is 1. The zero-order valence-corrected chi connectivity index (χ0v) is 21.6. The van der Waals surface area contributed by atoms with Crippen LogP contribution in [0.3, 0.4) is 0 Å². The molecule has 3 fully saturated rings. The fourth-order valence-corrected chi connectivity index (χ4v) is 10.3. The van der Waals surface area contributed by atoms with Gasteiger partial charge in [0.25, 0.3) is 0 Å². The lowest BCUT2D eigenvalue weighted by molar-refractivity contribution is -0.214. The summed E-state index contributed by atoms with van der Waals surface area (Å²) in [7, 11) is 0. The third kappa shape index (κ3) is 2.71. The highest BCUT2D eigenvalue weighted by Gasteiger charge is 2.68. The lowest BCUT2D eigenvalue weighted by Crippen LogP contribution is -2.65. The van der Waals surface area contributed by atoms with Gasteiger partial charge in [-0.2, -0.15) is 0 Å². The minimum absolute atomic E-state index is 0.0974. The van der Waals surface area contributed by atoms with E-state index in [1.54, 1.807) is 11.1 Å². The maximum atomic E-state index is 10.7. The molecule has 5 rings (SSSR count). The monoisotopic (exact) mass is 424 g/mol. The molecule has 0 bridgehead atoms. The first-order valence-electron chi connectivity index (χ1n) is 13.4.